The predicted octanol–water partition coefficient (Wildman–Crippen LogP) is 2.63. The van der Waals surface area contributed by atoms with E-state index in [-0.39, 0.29) is 35.5 Å². The third-order valence-electron chi connectivity index (χ3n) is 6.20. The van der Waals surface area contributed by atoms with Gasteiger partial charge in [0.15, 0.2) is 0 Å². The maximum Gasteiger partial charge on any atom is 0.254 e. The average Bonchev–Trinajstić information content (AvgIpc) is 3.34. The Kier molecular flexibility index (Phi) is 2.87. The number of aryl methyl sites for hydroxylation is 1. The first-order chi connectivity index (χ1) is 12.1. The van der Waals surface area contributed by atoms with Gasteiger partial charge in [-0.2, -0.15) is 10.1 Å². The van der Waals surface area contributed by atoms with Crippen molar-refractivity contribution < 1.29 is 9.59 Å². The highest BCUT2D eigenvalue weighted by Crippen LogP contribution is 2.52. The van der Waals surface area contributed by atoms with Crippen LogP contribution >= 0.6 is 0 Å². The van der Waals surface area contributed by atoms with Gasteiger partial charge in [0.25, 0.3) is 11.8 Å². The molecule has 5 heteroatoms. The molecule has 1 aliphatic heterocycles. The van der Waals surface area contributed by atoms with Crippen LogP contribution in [0.5, 0.6) is 0 Å². The molecule has 5 nitrogen and oxygen atoms in total. The Morgan fingerprint density at radius 2 is 1.72 bits per heavy atom. The number of rotatable bonds is 2. The number of fused-ring (bicyclic) bond motifs is 6. The molecule has 0 N–H and O–H groups in total. The molecular formula is C20H19N3O2. The van der Waals surface area contributed by atoms with Gasteiger partial charge in [-0.05, 0) is 31.2 Å². The standard InChI is InChI=1S/C20H19N3O2/c1-11-15(14-5-3-4-6-16(14)22(11)2)10-21-23-19(24)17-12-7-8-13(9-12)18(17)20(23)25/h3-8,10,12-13,17-18H,9H2,1-2H3/b21-10-/t12-,13-,17+,18+/m0/s1. The van der Waals surface area contributed by atoms with Crippen LogP contribution in [0, 0.1) is 30.6 Å². The number of amides is 2. The second-order valence-electron chi connectivity index (χ2n) is 7.31. The summed E-state index contributed by atoms with van der Waals surface area (Å²) in [6.07, 6.45) is 6.80. The van der Waals surface area contributed by atoms with Gasteiger partial charge < -0.3 is 4.57 Å². The lowest BCUT2D eigenvalue weighted by molar-refractivity contribution is -0.140. The highest BCUT2D eigenvalue weighted by atomic mass is 16.2. The van der Waals surface area contributed by atoms with E-state index in [9.17, 15) is 9.59 Å². The first-order valence-corrected chi connectivity index (χ1v) is 8.72. The summed E-state index contributed by atoms with van der Waals surface area (Å²) in [5, 5.41) is 6.52. The van der Waals surface area contributed by atoms with Crippen LogP contribution in [0.1, 0.15) is 17.7 Å². The Labute approximate surface area is 145 Å². The number of benzene rings is 1. The van der Waals surface area contributed by atoms with E-state index >= 15 is 0 Å². The number of para-hydroxylation sites is 1. The number of allylic oxidation sites excluding steroid dienone is 2. The Hall–Kier alpha value is -2.69. The molecule has 1 saturated heterocycles. The molecule has 2 bridgehead atoms. The highest BCUT2D eigenvalue weighted by Gasteiger charge is 2.59. The minimum Gasteiger partial charge on any atom is -0.347 e. The SMILES string of the molecule is Cc1c(/C=N\N2C(=O)[C@H]3[C@H](C2=O)[C@H]2C=C[C@H]3C2)c2ccccc2n1C. The van der Waals surface area contributed by atoms with Crippen LogP contribution in [0.15, 0.2) is 41.5 Å². The van der Waals surface area contributed by atoms with Crippen LogP contribution in [0.4, 0.5) is 0 Å². The predicted molar refractivity (Wildman–Crippen MR) is 94.8 cm³/mol. The van der Waals surface area contributed by atoms with Crippen LogP contribution in [0.25, 0.3) is 10.9 Å². The smallest absolute Gasteiger partial charge is 0.254 e. The van der Waals surface area contributed by atoms with Crippen molar-refractivity contribution in [3.63, 3.8) is 0 Å². The molecule has 2 aliphatic carbocycles. The molecule has 0 unspecified atom stereocenters. The Morgan fingerprint density at radius 1 is 1.08 bits per heavy atom. The third-order valence-corrected chi connectivity index (χ3v) is 6.20. The highest BCUT2D eigenvalue weighted by molar-refractivity contribution is 6.08. The lowest BCUT2D eigenvalue weighted by Gasteiger charge is -2.13. The van der Waals surface area contributed by atoms with Gasteiger partial charge in [-0.1, -0.05) is 30.4 Å². The van der Waals surface area contributed by atoms with Gasteiger partial charge in [-0.25, -0.2) is 0 Å². The van der Waals surface area contributed by atoms with Crippen LogP contribution in [-0.2, 0) is 16.6 Å². The van der Waals surface area contributed by atoms with E-state index in [4.69, 9.17) is 0 Å². The molecule has 2 aromatic rings. The molecule has 0 radical (unpaired) electrons. The Balaban J connectivity index is 1.52. The largest absolute Gasteiger partial charge is 0.347 e. The van der Waals surface area contributed by atoms with Crippen LogP contribution in [-0.4, -0.2) is 27.6 Å². The van der Waals surface area contributed by atoms with E-state index in [2.05, 4.69) is 27.9 Å². The number of hydrogen-bond donors (Lipinski definition) is 0. The molecule has 3 aliphatic rings. The van der Waals surface area contributed by atoms with Gasteiger partial charge in [0, 0.05) is 29.2 Å². The van der Waals surface area contributed by atoms with Gasteiger partial charge in [0.1, 0.15) is 0 Å². The molecule has 5 rings (SSSR count). The molecule has 1 aromatic heterocycles. The Bertz CT molecular complexity index is 954. The minimum absolute atomic E-state index is 0.138. The average molecular weight is 333 g/mol. The van der Waals surface area contributed by atoms with E-state index in [0.717, 1.165) is 33.6 Å². The lowest BCUT2D eigenvalue weighted by Crippen LogP contribution is -2.28. The fourth-order valence-corrected chi connectivity index (χ4v) is 4.83. The molecule has 25 heavy (non-hydrogen) atoms. The van der Waals surface area contributed by atoms with E-state index < -0.39 is 0 Å². The van der Waals surface area contributed by atoms with Crippen molar-refractivity contribution in [1.29, 1.82) is 0 Å². The van der Waals surface area contributed by atoms with E-state index in [0.29, 0.717) is 0 Å². The van der Waals surface area contributed by atoms with Crippen molar-refractivity contribution in [3.05, 3.63) is 47.7 Å². The minimum atomic E-state index is -0.201. The molecule has 2 amide bonds. The lowest BCUT2D eigenvalue weighted by atomic mass is 9.85. The van der Waals surface area contributed by atoms with Gasteiger partial charge in [-0.3, -0.25) is 9.59 Å². The summed E-state index contributed by atoms with van der Waals surface area (Å²) in [6, 6.07) is 8.08. The molecule has 1 aromatic carbocycles. The summed E-state index contributed by atoms with van der Waals surface area (Å²) in [7, 11) is 2.01. The van der Waals surface area contributed by atoms with Crippen LogP contribution in [0.3, 0.4) is 0 Å². The monoisotopic (exact) mass is 333 g/mol. The topological polar surface area (TPSA) is 54.7 Å². The van der Waals surface area contributed by atoms with Crippen LogP contribution < -0.4 is 0 Å². The fourth-order valence-electron chi connectivity index (χ4n) is 4.83. The summed E-state index contributed by atoms with van der Waals surface area (Å²) < 4.78 is 2.10. The number of hydrogen-bond acceptors (Lipinski definition) is 3. The maximum absolute atomic E-state index is 12.7. The Morgan fingerprint density at radius 3 is 2.40 bits per heavy atom. The number of imide groups is 1. The van der Waals surface area contributed by atoms with Gasteiger partial charge >= 0.3 is 0 Å². The third kappa shape index (κ3) is 1.81. The molecule has 2 fully saturated rings. The second kappa shape index (κ2) is 4.91. The number of carbonyl (C=O) groups excluding carboxylic acids is 2. The quantitative estimate of drug-likeness (QED) is 0.482. The summed E-state index contributed by atoms with van der Waals surface area (Å²) in [5.74, 6) is -0.250. The zero-order valence-electron chi connectivity index (χ0n) is 14.2. The first-order valence-electron chi connectivity index (χ1n) is 8.72. The van der Waals surface area contributed by atoms with Crippen molar-refractivity contribution in [2.24, 2.45) is 35.8 Å². The molecule has 0 spiro atoms. The fraction of sp³-hybridized carbons (Fsp3) is 0.350. The zero-order valence-corrected chi connectivity index (χ0v) is 14.2. The van der Waals surface area contributed by atoms with Crippen molar-refractivity contribution in [1.82, 2.24) is 9.58 Å². The number of aromatic nitrogens is 1. The van der Waals surface area contributed by atoms with E-state index in [1.165, 1.54) is 0 Å². The summed E-state index contributed by atoms with van der Waals surface area (Å²) >= 11 is 0. The van der Waals surface area contributed by atoms with Crippen LogP contribution in [0.2, 0.25) is 0 Å². The maximum atomic E-state index is 12.7. The van der Waals surface area contributed by atoms with E-state index in [1.54, 1.807) is 6.21 Å². The zero-order chi connectivity index (χ0) is 17.3. The van der Waals surface area contributed by atoms with Crippen molar-refractivity contribution in [2.75, 3.05) is 0 Å². The van der Waals surface area contributed by atoms with Crippen molar-refractivity contribution in [2.45, 2.75) is 13.3 Å². The normalized spacial score (nSPS) is 30.4. The summed E-state index contributed by atoms with van der Waals surface area (Å²) in [5.41, 5.74) is 3.13. The molecular weight excluding hydrogens is 314 g/mol. The molecule has 1 saturated carbocycles. The number of hydrazone groups is 1. The van der Waals surface area contributed by atoms with E-state index in [1.807, 2.05) is 32.2 Å². The first kappa shape index (κ1) is 14.6. The van der Waals surface area contributed by atoms with Gasteiger partial charge in [-0.15, -0.1) is 0 Å². The molecule has 2 heterocycles. The number of nitrogens with zero attached hydrogens (tertiary/aromatic N) is 3. The second-order valence-corrected chi connectivity index (χ2v) is 7.31. The molecule has 4 atom stereocenters. The number of carbonyl (C=O) groups is 2. The summed E-state index contributed by atoms with van der Waals surface area (Å²) in [4.78, 5) is 25.4. The summed E-state index contributed by atoms with van der Waals surface area (Å²) in [6.45, 7) is 2.02. The van der Waals surface area contributed by atoms with Gasteiger partial charge in [0.05, 0.1) is 18.1 Å². The van der Waals surface area contributed by atoms with Crippen molar-refractivity contribution in [3.8, 4) is 0 Å². The van der Waals surface area contributed by atoms with Crippen molar-refractivity contribution >= 4 is 28.9 Å². The van der Waals surface area contributed by atoms with Gasteiger partial charge in [0.2, 0.25) is 0 Å². The molecule has 126 valence electrons.